The van der Waals surface area contributed by atoms with E-state index in [1.54, 1.807) is 0 Å². The van der Waals surface area contributed by atoms with Crippen molar-refractivity contribution < 1.29 is 19.4 Å². The molecule has 4 heteroatoms. The van der Waals surface area contributed by atoms with Gasteiger partial charge in [-0.3, -0.25) is 9.59 Å². The highest BCUT2D eigenvalue weighted by Crippen LogP contribution is 2.48. The van der Waals surface area contributed by atoms with Crippen LogP contribution in [0.25, 0.3) is 0 Å². The highest BCUT2D eigenvalue weighted by molar-refractivity contribution is 5.89. The lowest BCUT2D eigenvalue weighted by molar-refractivity contribution is -0.147. The Kier molecular flexibility index (Phi) is 11.6. The molecule has 3 rings (SSSR count). The van der Waals surface area contributed by atoms with Crippen LogP contribution < -0.4 is 0 Å². The number of esters is 1. The Balaban J connectivity index is 1.69. The summed E-state index contributed by atoms with van der Waals surface area (Å²) in [5, 5.41) is 10.6. The lowest BCUT2D eigenvalue weighted by Gasteiger charge is -2.24. The predicted octanol–water partition coefficient (Wildman–Crippen LogP) is 7.82. The van der Waals surface area contributed by atoms with Crippen LogP contribution in [0.5, 0.6) is 0 Å². The maximum atomic E-state index is 13.3. The van der Waals surface area contributed by atoms with Crippen molar-refractivity contribution in [2.24, 2.45) is 5.92 Å². The summed E-state index contributed by atoms with van der Waals surface area (Å²) >= 11 is 0. The number of aliphatic hydroxyl groups is 1. The number of hydrogen-bond acceptors (Lipinski definition) is 4. The van der Waals surface area contributed by atoms with E-state index in [-0.39, 0.29) is 29.8 Å². The van der Waals surface area contributed by atoms with E-state index in [1.165, 1.54) is 5.56 Å². The van der Waals surface area contributed by atoms with Crippen LogP contribution in [0.4, 0.5) is 0 Å². The van der Waals surface area contributed by atoms with Gasteiger partial charge in [0.25, 0.3) is 0 Å². The summed E-state index contributed by atoms with van der Waals surface area (Å²) < 4.78 is 5.21. The zero-order chi connectivity index (χ0) is 26.6. The average Bonchev–Trinajstić information content (AvgIpc) is 3.22. The number of hydrogen-bond donors (Lipinski definition) is 1. The third kappa shape index (κ3) is 8.67. The van der Waals surface area contributed by atoms with E-state index in [2.05, 4.69) is 43.3 Å². The fourth-order valence-corrected chi connectivity index (χ4v) is 5.50. The van der Waals surface area contributed by atoms with Crippen molar-refractivity contribution in [3.63, 3.8) is 0 Å². The number of aliphatic hydroxyl groups excluding tert-OH is 1. The minimum atomic E-state index is -0.431. The van der Waals surface area contributed by atoms with Gasteiger partial charge in [-0.15, -0.1) is 0 Å². The molecule has 2 unspecified atom stereocenters. The van der Waals surface area contributed by atoms with Crippen LogP contribution in [0.3, 0.4) is 0 Å². The summed E-state index contributed by atoms with van der Waals surface area (Å²) in [6, 6.07) is 18.4. The molecule has 0 spiro atoms. The van der Waals surface area contributed by atoms with Gasteiger partial charge in [-0.1, -0.05) is 92.9 Å². The van der Waals surface area contributed by atoms with Crippen LogP contribution in [-0.2, 0) is 14.3 Å². The number of carbonyl (C=O) groups is 2. The molecule has 0 aliphatic heterocycles. The first-order valence-corrected chi connectivity index (χ1v) is 14.1. The third-order valence-electron chi connectivity index (χ3n) is 7.40. The summed E-state index contributed by atoms with van der Waals surface area (Å²) in [6.45, 7) is 5.90. The topological polar surface area (TPSA) is 63.6 Å². The highest BCUT2D eigenvalue weighted by atomic mass is 16.5. The monoisotopic (exact) mass is 504 g/mol. The van der Waals surface area contributed by atoms with Gasteiger partial charge >= 0.3 is 5.97 Å². The zero-order valence-electron chi connectivity index (χ0n) is 22.8. The standard InChI is InChI=1S/C33H44O4/c1-4-5-9-17-30(34)26-21-19-25(20-22-26)29-23-31(35)33(27-14-10-8-11-15-27)28(29)16-12-6-7-13-18-32(36)37-24(2)3/h6,8,10-12,14-15,19-22,24,28-30,33-34H,4-5,7,9,13,16-18,23H2,1-3H3/b12-6-/t28-,29+,30?,33?/m0/s1. The van der Waals surface area contributed by atoms with E-state index in [0.717, 1.165) is 56.1 Å². The minimum Gasteiger partial charge on any atom is -0.463 e. The van der Waals surface area contributed by atoms with E-state index >= 15 is 0 Å². The third-order valence-corrected chi connectivity index (χ3v) is 7.40. The molecule has 1 saturated carbocycles. The van der Waals surface area contributed by atoms with E-state index in [9.17, 15) is 14.7 Å². The Hall–Kier alpha value is -2.72. The second kappa shape index (κ2) is 14.9. The number of unbranched alkanes of at least 4 members (excludes halogenated alkanes) is 3. The van der Waals surface area contributed by atoms with Gasteiger partial charge in [-0.2, -0.15) is 0 Å². The Morgan fingerprint density at radius 3 is 2.41 bits per heavy atom. The molecule has 0 amide bonds. The van der Waals surface area contributed by atoms with E-state index in [1.807, 2.05) is 44.2 Å². The lowest BCUT2D eigenvalue weighted by atomic mass is 9.79. The van der Waals surface area contributed by atoms with Gasteiger partial charge in [0.05, 0.1) is 12.2 Å². The summed E-state index contributed by atoms with van der Waals surface area (Å²) in [5.41, 5.74) is 3.22. The van der Waals surface area contributed by atoms with Gasteiger partial charge in [-0.05, 0) is 68.1 Å². The average molecular weight is 505 g/mol. The first-order valence-electron chi connectivity index (χ1n) is 14.1. The molecule has 1 N–H and O–H groups in total. The Labute approximate surface area is 223 Å². The van der Waals surface area contributed by atoms with Crippen molar-refractivity contribution in [1.29, 1.82) is 0 Å². The van der Waals surface area contributed by atoms with E-state index < -0.39 is 6.10 Å². The minimum absolute atomic E-state index is 0.0758. The number of allylic oxidation sites excluding steroid dienone is 2. The van der Waals surface area contributed by atoms with Crippen LogP contribution in [0, 0.1) is 5.92 Å². The van der Waals surface area contributed by atoms with Gasteiger partial charge in [0.15, 0.2) is 0 Å². The number of ether oxygens (including phenoxy) is 1. The van der Waals surface area contributed by atoms with Gasteiger partial charge in [0, 0.05) is 18.8 Å². The number of Topliss-reactive ketones (excluding diaryl/α,β-unsaturated/α-hetero) is 1. The molecule has 0 heterocycles. The van der Waals surface area contributed by atoms with Crippen molar-refractivity contribution >= 4 is 11.8 Å². The second-order valence-electron chi connectivity index (χ2n) is 10.6. The van der Waals surface area contributed by atoms with Crippen molar-refractivity contribution in [3.05, 3.63) is 83.4 Å². The number of carbonyl (C=O) groups excluding carboxylic acids is 2. The van der Waals surface area contributed by atoms with Crippen molar-refractivity contribution in [2.45, 2.75) is 103 Å². The molecule has 1 aliphatic rings. The molecular formula is C33H44O4. The van der Waals surface area contributed by atoms with Crippen molar-refractivity contribution in [1.82, 2.24) is 0 Å². The maximum absolute atomic E-state index is 13.3. The van der Waals surface area contributed by atoms with Crippen LogP contribution in [0.2, 0.25) is 0 Å². The number of ketones is 1. The normalized spacial score (nSPS) is 20.6. The molecule has 1 aliphatic carbocycles. The molecule has 2 aromatic rings. The molecule has 0 bridgehead atoms. The smallest absolute Gasteiger partial charge is 0.306 e. The fourth-order valence-electron chi connectivity index (χ4n) is 5.50. The summed E-state index contributed by atoms with van der Waals surface area (Å²) in [6.07, 6.45) is 11.3. The fraction of sp³-hybridized carbons (Fsp3) is 0.515. The SMILES string of the molecule is CCCCCC(O)c1ccc([C@H]2CC(=O)C(c3ccccc3)[C@H]2C/C=C\CCCC(=O)OC(C)C)cc1. The van der Waals surface area contributed by atoms with Gasteiger partial charge in [0.2, 0.25) is 0 Å². The first kappa shape index (κ1) is 28.8. The van der Waals surface area contributed by atoms with Crippen molar-refractivity contribution in [3.8, 4) is 0 Å². The summed E-state index contributed by atoms with van der Waals surface area (Å²) in [7, 11) is 0. The van der Waals surface area contributed by atoms with E-state index in [4.69, 9.17) is 4.74 Å². The summed E-state index contributed by atoms with van der Waals surface area (Å²) in [4.78, 5) is 25.0. The summed E-state index contributed by atoms with van der Waals surface area (Å²) in [5.74, 6) is 0.367. The van der Waals surface area contributed by atoms with Crippen LogP contribution in [0.1, 0.15) is 113 Å². The van der Waals surface area contributed by atoms with Gasteiger partial charge < -0.3 is 9.84 Å². The molecule has 2 aromatic carbocycles. The van der Waals surface area contributed by atoms with Crippen LogP contribution in [0.15, 0.2) is 66.7 Å². The number of rotatable bonds is 14. The predicted molar refractivity (Wildman–Crippen MR) is 149 cm³/mol. The lowest BCUT2D eigenvalue weighted by Crippen LogP contribution is -2.15. The quantitative estimate of drug-likeness (QED) is 0.162. The van der Waals surface area contributed by atoms with Gasteiger partial charge in [-0.25, -0.2) is 0 Å². The molecule has 0 saturated heterocycles. The van der Waals surface area contributed by atoms with Crippen molar-refractivity contribution in [2.75, 3.05) is 0 Å². The van der Waals surface area contributed by atoms with Gasteiger partial charge in [0.1, 0.15) is 5.78 Å². The zero-order valence-corrected chi connectivity index (χ0v) is 22.8. The molecule has 0 aromatic heterocycles. The van der Waals surface area contributed by atoms with E-state index in [0.29, 0.717) is 18.6 Å². The maximum Gasteiger partial charge on any atom is 0.306 e. The molecule has 37 heavy (non-hydrogen) atoms. The number of benzene rings is 2. The second-order valence-corrected chi connectivity index (χ2v) is 10.6. The molecule has 200 valence electrons. The Bertz CT molecular complexity index is 993. The molecular weight excluding hydrogens is 460 g/mol. The largest absolute Gasteiger partial charge is 0.463 e. The molecule has 1 fully saturated rings. The molecule has 4 nitrogen and oxygen atoms in total. The van der Waals surface area contributed by atoms with Crippen LogP contribution in [-0.4, -0.2) is 23.0 Å². The van der Waals surface area contributed by atoms with Crippen LogP contribution >= 0.6 is 0 Å². The Morgan fingerprint density at radius 2 is 1.73 bits per heavy atom. The first-order chi connectivity index (χ1) is 17.9. The highest BCUT2D eigenvalue weighted by Gasteiger charge is 2.42. The Morgan fingerprint density at radius 1 is 1.00 bits per heavy atom. The molecule has 4 atom stereocenters. The molecule has 0 radical (unpaired) electrons.